The molecule has 0 N–H and O–H groups in total. The van der Waals surface area contributed by atoms with Crippen LogP contribution in [0.5, 0.6) is 0 Å². The van der Waals surface area contributed by atoms with E-state index >= 15 is 0 Å². The summed E-state index contributed by atoms with van der Waals surface area (Å²) in [6.45, 7) is 2.25. The van der Waals surface area contributed by atoms with Crippen LogP contribution < -0.4 is 5.06 Å². The van der Waals surface area contributed by atoms with Gasteiger partial charge in [-0.05, 0) is 37.8 Å². The zero-order valence-electron chi connectivity index (χ0n) is 12.3. The number of hydrogen-bond donors (Lipinski definition) is 0. The fourth-order valence-corrected chi connectivity index (χ4v) is 3.20. The minimum Gasteiger partial charge on any atom is -0.466 e. The van der Waals surface area contributed by atoms with Gasteiger partial charge in [0.1, 0.15) is 6.26 Å². The minimum absolute atomic E-state index is 0.00600. The van der Waals surface area contributed by atoms with Crippen molar-refractivity contribution in [3.8, 4) is 0 Å². The number of para-hydroxylation sites is 1. The molecule has 1 atom stereocenters. The van der Waals surface area contributed by atoms with Gasteiger partial charge < -0.3 is 9.57 Å². The number of allylic oxidation sites excluding steroid dienone is 2. The van der Waals surface area contributed by atoms with Crippen LogP contribution in [0.3, 0.4) is 0 Å². The van der Waals surface area contributed by atoms with Crippen molar-refractivity contribution < 1.29 is 14.4 Å². The maximum atomic E-state index is 11.2. The van der Waals surface area contributed by atoms with Crippen molar-refractivity contribution in [2.24, 2.45) is 0 Å². The second kappa shape index (κ2) is 5.28. The van der Waals surface area contributed by atoms with Crippen molar-refractivity contribution in [3.63, 3.8) is 0 Å². The third kappa shape index (κ3) is 2.20. The maximum absolute atomic E-state index is 11.2. The van der Waals surface area contributed by atoms with Crippen molar-refractivity contribution in [2.45, 2.75) is 31.6 Å². The van der Waals surface area contributed by atoms with Crippen LogP contribution in [-0.4, -0.2) is 13.1 Å². The zero-order valence-corrected chi connectivity index (χ0v) is 12.3. The van der Waals surface area contributed by atoms with Crippen molar-refractivity contribution >= 4 is 11.7 Å². The number of anilines is 1. The Morgan fingerprint density at radius 2 is 2.19 bits per heavy atom. The van der Waals surface area contributed by atoms with Gasteiger partial charge in [0, 0.05) is 5.41 Å². The molecule has 0 aromatic heterocycles. The molecule has 0 saturated heterocycles. The highest BCUT2D eigenvalue weighted by atomic mass is 16.7. The van der Waals surface area contributed by atoms with E-state index in [1.165, 1.54) is 31.4 Å². The van der Waals surface area contributed by atoms with E-state index in [2.05, 4.69) is 29.9 Å². The van der Waals surface area contributed by atoms with Crippen LogP contribution in [0.4, 0.5) is 5.69 Å². The number of carbonyl (C=O) groups is 1. The van der Waals surface area contributed by atoms with E-state index in [0.717, 1.165) is 24.2 Å². The number of carbonyl (C=O) groups excluding carboxylic acids is 1. The lowest BCUT2D eigenvalue weighted by atomic mass is 9.74. The van der Waals surface area contributed by atoms with Crippen LogP contribution in [0.2, 0.25) is 0 Å². The number of methoxy groups -OCH3 is 1. The van der Waals surface area contributed by atoms with Gasteiger partial charge in [0.25, 0.3) is 0 Å². The number of hydroxylamine groups is 1. The summed E-state index contributed by atoms with van der Waals surface area (Å²) in [5.41, 5.74) is 3.48. The van der Waals surface area contributed by atoms with E-state index in [-0.39, 0.29) is 5.41 Å². The Bertz CT molecular complexity index is 620. The number of nitrogens with zero attached hydrogens (tertiary/aromatic N) is 1. The summed E-state index contributed by atoms with van der Waals surface area (Å²) in [7, 11) is 1.35. The number of ether oxygens (including phenoxy) is 1. The van der Waals surface area contributed by atoms with E-state index in [1.54, 1.807) is 0 Å². The molecule has 1 heterocycles. The van der Waals surface area contributed by atoms with E-state index < -0.39 is 5.97 Å². The molecule has 4 nitrogen and oxygen atoms in total. The summed E-state index contributed by atoms with van der Waals surface area (Å²) in [4.78, 5) is 16.9. The third-order valence-electron chi connectivity index (χ3n) is 4.29. The molecule has 0 saturated carbocycles. The Labute approximate surface area is 124 Å². The molecular formula is C17H19NO3. The average molecular weight is 285 g/mol. The molecular weight excluding hydrogens is 266 g/mol. The summed E-state index contributed by atoms with van der Waals surface area (Å²) in [5.74, 6) is -0.428. The molecule has 3 rings (SSSR count). The third-order valence-corrected chi connectivity index (χ3v) is 4.29. The van der Waals surface area contributed by atoms with Crippen LogP contribution in [-0.2, 0) is 19.8 Å². The largest absolute Gasteiger partial charge is 0.466 e. The van der Waals surface area contributed by atoms with Gasteiger partial charge >= 0.3 is 5.97 Å². The number of hydrogen-bond acceptors (Lipinski definition) is 4. The molecule has 1 aromatic rings. The van der Waals surface area contributed by atoms with Crippen LogP contribution in [0.1, 0.15) is 31.7 Å². The number of fused-ring (bicyclic) bond motifs is 3. The average Bonchev–Trinajstić information content (AvgIpc) is 2.77. The Balaban J connectivity index is 1.94. The van der Waals surface area contributed by atoms with Crippen LogP contribution >= 0.6 is 0 Å². The Morgan fingerprint density at radius 3 is 3.00 bits per heavy atom. The second-order valence-corrected chi connectivity index (χ2v) is 5.56. The van der Waals surface area contributed by atoms with Gasteiger partial charge in [-0.1, -0.05) is 24.3 Å². The number of benzene rings is 1. The SMILES string of the molecule is COC(=O)/C=C/ON1C2=CCCCC2(C)c2ccccc21. The van der Waals surface area contributed by atoms with Gasteiger partial charge in [0.05, 0.1) is 24.6 Å². The molecule has 1 aliphatic carbocycles. The standard InChI is InChI=1S/C17H19NO3/c1-17-11-6-5-9-15(17)18(21-12-10-16(19)20-2)14-8-4-3-7-13(14)17/h3-4,7-10,12H,5-6,11H2,1-2H3/b12-10+. The first kappa shape index (κ1) is 13.7. The van der Waals surface area contributed by atoms with Gasteiger partial charge in [0.2, 0.25) is 0 Å². The first-order chi connectivity index (χ1) is 10.2. The predicted octanol–water partition coefficient (Wildman–Crippen LogP) is 3.45. The number of esters is 1. The van der Waals surface area contributed by atoms with E-state index in [1.807, 2.05) is 17.2 Å². The van der Waals surface area contributed by atoms with Crippen molar-refractivity contribution in [3.05, 3.63) is 53.9 Å². The highest BCUT2D eigenvalue weighted by molar-refractivity contribution is 5.81. The van der Waals surface area contributed by atoms with Crippen LogP contribution in [0.25, 0.3) is 0 Å². The molecule has 0 bridgehead atoms. The normalized spacial score (nSPS) is 23.5. The molecule has 0 spiro atoms. The topological polar surface area (TPSA) is 38.8 Å². The van der Waals surface area contributed by atoms with Gasteiger partial charge in [0.15, 0.2) is 0 Å². The summed E-state index contributed by atoms with van der Waals surface area (Å²) in [6, 6.07) is 8.26. The Kier molecular flexibility index (Phi) is 3.45. The highest BCUT2D eigenvalue weighted by Gasteiger charge is 2.45. The monoisotopic (exact) mass is 285 g/mol. The molecule has 2 aliphatic rings. The van der Waals surface area contributed by atoms with Crippen LogP contribution in [0.15, 0.2) is 48.4 Å². The van der Waals surface area contributed by atoms with Gasteiger partial charge in [-0.15, -0.1) is 0 Å². The molecule has 1 aliphatic heterocycles. The summed E-state index contributed by atoms with van der Waals surface area (Å²) in [5, 5.41) is 1.83. The van der Waals surface area contributed by atoms with E-state index in [0.29, 0.717) is 0 Å². The highest BCUT2D eigenvalue weighted by Crippen LogP contribution is 2.52. The van der Waals surface area contributed by atoms with Gasteiger partial charge in [-0.3, -0.25) is 0 Å². The molecule has 0 radical (unpaired) electrons. The lowest BCUT2D eigenvalue weighted by Crippen LogP contribution is -2.29. The van der Waals surface area contributed by atoms with Crippen molar-refractivity contribution in [1.82, 2.24) is 0 Å². The Morgan fingerprint density at radius 1 is 1.38 bits per heavy atom. The first-order valence-corrected chi connectivity index (χ1v) is 7.18. The van der Waals surface area contributed by atoms with Gasteiger partial charge in [-0.2, -0.15) is 5.06 Å². The Hall–Kier alpha value is -2.23. The number of rotatable bonds is 3. The van der Waals surface area contributed by atoms with E-state index in [9.17, 15) is 4.79 Å². The van der Waals surface area contributed by atoms with Crippen molar-refractivity contribution in [2.75, 3.05) is 12.2 Å². The van der Waals surface area contributed by atoms with Crippen molar-refractivity contribution in [1.29, 1.82) is 0 Å². The lowest BCUT2D eigenvalue weighted by molar-refractivity contribution is -0.135. The molecule has 1 aromatic carbocycles. The molecule has 0 fully saturated rings. The molecule has 110 valence electrons. The van der Waals surface area contributed by atoms with Gasteiger partial charge in [-0.25, -0.2) is 4.79 Å². The summed E-state index contributed by atoms with van der Waals surface area (Å²) < 4.78 is 4.57. The minimum atomic E-state index is -0.428. The lowest BCUT2D eigenvalue weighted by Gasteiger charge is -2.32. The summed E-state index contributed by atoms with van der Waals surface area (Å²) >= 11 is 0. The predicted molar refractivity (Wildman–Crippen MR) is 80.4 cm³/mol. The zero-order chi connectivity index (χ0) is 14.9. The maximum Gasteiger partial charge on any atom is 0.333 e. The first-order valence-electron chi connectivity index (χ1n) is 7.18. The molecule has 4 heteroatoms. The second-order valence-electron chi connectivity index (χ2n) is 5.56. The quantitative estimate of drug-likeness (QED) is 0.484. The molecule has 1 unspecified atom stereocenters. The molecule has 0 amide bonds. The van der Waals surface area contributed by atoms with E-state index in [4.69, 9.17) is 4.84 Å². The van der Waals surface area contributed by atoms with Crippen LogP contribution in [0, 0.1) is 0 Å². The summed E-state index contributed by atoms with van der Waals surface area (Å²) in [6.07, 6.45) is 8.23. The smallest absolute Gasteiger partial charge is 0.333 e. The molecule has 21 heavy (non-hydrogen) atoms. The fraction of sp³-hybridized carbons (Fsp3) is 0.353. The fourth-order valence-electron chi connectivity index (χ4n) is 3.20.